The first kappa shape index (κ1) is 12.9. The molecule has 98 valence electrons. The fraction of sp³-hybridized carbons (Fsp3) is 0.462. The summed E-state index contributed by atoms with van der Waals surface area (Å²) in [6.07, 6.45) is -0.583. The quantitative estimate of drug-likeness (QED) is 0.793. The second-order valence-corrected chi connectivity index (χ2v) is 4.22. The monoisotopic (exact) mass is 250 g/mol. The topological polar surface area (TPSA) is 61.8 Å². The van der Waals surface area contributed by atoms with Crippen LogP contribution in [0, 0.1) is 0 Å². The van der Waals surface area contributed by atoms with Crippen LogP contribution in [-0.4, -0.2) is 43.4 Å². The molecule has 1 aromatic rings. The Bertz CT molecular complexity index is 422. The van der Waals surface area contributed by atoms with Crippen molar-refractivity contribution in [3.8, 4) is 5.75 Å². The van der Waals surface area contributed by atoms with E-state index >= 15 is 0 Å². The van der Waals surface area contributed by atoms with Gasteiger partial charge in [0, 0.05) is 6.54 Å². The van der Waals surface area contributed by atoms with Crippen molar-refractivity contribution >= 4 is 11.6 Å². The molecule has 0 fully saturated rings. The van der Waals surface area contributed by atoms with Crippen LogP contribution < -0.4 is 15.0 Å². The van der Waals surface area contributed by atoms with Gasteiger partial charge in [-0.05, 0) is 18.7 Å². The third-order valence-electron chi connectivity index (χ3n) is 2.83. The number of aliphatic hydroxyl groups is 1. The summed E-state index contributed by atoms with van der Waals surface area (Å²) in [4.78, 5) is 13.4. The highest BCUT2D eigenvalue weighted by atomic mass is 16.5. The minimum atomic E-state index is -0.583. The van der Waals surface area contributed by atoms with Gasteiger partial charge in [0.15, 0.2) is 6.61 Å². The molecule has 1 unspecified atom stereocenters. The van der Waals surface area contributed by atoms with Crippen molar-refractivity contribution in [1.82, 2.24) is 5.32 Å². The highest BCUT2D eigenvalue weighted by molar-refractivity contribution is 5.97. The van der Waals surface area contributed by atoms with Crippen LogP contribution in [0.2, 0.25) is 0 Å². The van der Waals surface area contributed by atoms with Gasteiger partial charge >= 0.3 is 0 Å². The molecule has 18 heavy (non-hydrogen) atoms. The number of β-amino-alcohol motifs (C(OH)–C–C–N with tert-alkyl or cyclic N) is 1. The molecule has 1 aliphatic heterocycles. The molecule has 1 atom stereocenters. The fourth-order valence-electron chi connectivity index (χ4n) is 1.94. The van der Waals surface area contributed by atoms with Crippen molar-refractivity contribution in [3.05, 3.63) is 24.3 Å². The van der Waals surface area contributed by atoms with Gasteiger partial charge < -0.3 is 20.1 Å². The zero-order valence-electron chi connectivity index (χ0n) is 10.4. The van der Waals surface area contributed by atoms with Gasteiger partial charge in [0.05, 0.1) is 18.3 Å². The first-order valence-corrected chi connectivity index (χ1v) is 6.13. The summed E-state index contributed by atoms with van der Waals surface area (Å²) in [6.45, 7) is 3.56. The molecule has 0 radical (unpaired) electrons. The van der Waals surface area contributed by atoms with E-state index in [0.717, 1.165) is 12.2 Å². The van der Waals surface area contributed by atoms with Crippen molar-refractivity contribution in [3.63, 3.8) is 0 Å². The van der Waals surface area contributed by atoms with E-state index in [9.17, 15) is 9.90 Å². The lowest BCUT2D eigenvalue weighted by Gasteiger charge is -2.30. The molecule has 0 bridgehead atoms. The first-order chi connectivity index (χ1) is 8.72. The zero-order valence-corrected chi connectivity index (χ0v) is 10.4. The van der Waals surface area contributed by atoms with Gasteiger partial charge in [-0.1, -0.05) is 19.1 Å². The molecule has 0 saturated carbocycles. The molecular formula is C13H18N2O3. The van der Waals surface area contributed by atoms with E-state index in [2.05, 4.69) is 5.32 Å². The number of hydrogen-bond donors (Lipinski definition) is 2. The van der Waals surface area contributed by atoms with Crippen molar-refractivity contribution < 1.29 is 14.6 Å². The molecule has 1 amide bonds. The molecule has 0 saturated heterocycles. The molecule has 2 rings (SSSR count). The zero-order chi connectivity index (χ0) is 13.0. The molecule has 0 aliphatic carbocycles. The lowest BCUT2D eigenvalue weighted by atomic mass is 10.2. The number of aliphatic hydroxyl groups excluding tert-OH is 1. The van der Waals surface area contributed by atoms with E-state index in [4.69, 9.17) is 4.74 Å². The first-order valence-electron chi connectivity index (χ1n) is 6.13. The van der Waals surface area contributed by atoms with Crippen LogP contribution in [0.15, 0.2) is 24.3 Å². The number of amides is 1. The Morgan fingerprint density at radius 3 is 3.06 bits per heavy atom. The lowest BCUT2D eigenvalue weighted by molar-refractivity contribution is -0.121. The Morgan fingerprint density at radius 2 is 2.28 bits per heavy atom. The Balaban J connectivity index is 2.09. The number of likely N-dealkylation sites (N-methyl/N-ethyl adjacent to an activating group) is 1. The number of para-hydroxylation sites is 2. The van der Waals surface area contributed by atoms with E-state index in [1.807, 2.05) is 31.2 Å². The van der Waals surface area contributed by atoms with E-state index in [0.29, 0.717) is 12.3 Å². The maximum absolute atomic E-state index is 11.8. The minimum absolute atomic E-state index is 0.0327. The molecule has 1 heterocycles. The molecule has 2 N–H and O–H groups in total. The van der Waals surface area contributed by atoms with Crippen LogP contribution >= 0.6 is 0 Å². The second-order valence-electron chi connectivity index (χ2n) is 4.22. The average molecular weight is 250 g/mol. The Hall–Kier alpha value is -1.59. The summed E-state index contributed by atoms with van der Waals surface area (Å²) in [5, 5.41) is 12.9. The van der Waals surface area contributed by atoms with Gasteiger partial charge in [-0.25, -0.2) is 0 Å². The van der Waals surface area contributed by atoms with Crippen LogP contribution in [0.4, 0.5) is 5.69 Å². The predicted molar refractivity (Wildman–Crippen MR) is 68.8 cm³/mol. The summed E-state index contributed by atoms with van der Waals surface area (Å²) in [5.41, 5.74) is 0.726. The summed E-state index contributed by atoms with van der Waals surface area (Å²) in [7, 11) is 0. The van der Waals surface area contributed by atoms with E-state index in [1.165, 1.54) is 0 Å². The summed E-state index contributed by atoms with van der Waals surface area (Å²) in [5.74, 6) is 0.567. The fourth-order valence-corrected chi connectivity index (χ4v) is 1.94. The number of carbonyl (C=O) groups excluding carboxylic acids is 1. The van der Waals surface area contributed by atoms with Gasteiger partial charge in [0.25, 0.3) is 5.91 Å². The Kier molecular flexibility index (Phi) is 4.17. The van der Waals surface area contributed by atoms with Crippen molar-refractivity contribution in [2.24, 2.45) is 0 Å². The second kappa shape index (κ2) is 5.84. The van der Waals surface area contributed by atoms with Crippen LogP contribution in [0.1, 0.15) is 6.92 Å². The maximum Gasteiger partial charge on any atom is 0.265 e. The maximum atomic E-state index is 11.8. The van der Waals surface area contributed by atoms with Crippen LogP contribution in [0.25, 0.3) is 0 Å². The number of fused-ring (bicyclic) bond motifs is 1. The largest absolute Gasteiger partial charge is 0.482 e. The lowest BCUT2D eigenvalue weighted by Crippen LogP contribution is -2.45. The highest BCUT2D eigenvalue weighted by Crippen LogP contribution is 2.31. The molecular weight excluding hydrogens is 232 g/mol. The third kappa shape index (κ3) is 2.80. The molecule has 0 aromatic heterocycles. The number of hydrogen-bond acceptors (Lipinski definition) is 4. The number of anilines is 1. The summed E-state index contributed by atoms with van der Waals surface area (Å²) >= 11 is 0. The molecule has 1 aliphatic rings. The predicted octanol–water partition coefficient (Wildman–Crippen LogP) is 0.382. The van der Waals surface area contributed by atoms with Crippen LogP contribution in [0.3, 0.4) is 0 Å². The Morgan fingerprint density at radius 1 is 1.50 bits per heavy atom. The van der Waals surface area contributed by atoms with Crippen LogP contribution in [0.5, 0.6) is 5.75 Å². The van der Waals surface area contributed by atoms with E-state index in [1.54, 1.807) is 4.90 Å². The summed E-state index contributed by atoms with van der Waals surface area (Å²) in [6, 6.07) is 7.37. The number of nitrogens with zero attached hydrogens (tertiary/aromatic N) is 1. The number of ether oxygens (including phenoxy) is 1. The number of rotatable bonds is 5. The molecule has 0 spiro atoms. The van der Waals surface area contributed by atoms with Gasteiger partial charge in [-0.15, -0.1) is 0 Å². The SMILES string of the molecule is CCNCC(O)CN1C(=O)COc2ccccc21. The normalized spacial score (nSPS) is 16.1. The number of benzene rings is 1. The number of carbonyl (C=O) groups is 1. The van der Waals surface area contributed by atoms with Crippen molar-refractivity contribution in [2.45, 2.75) is 13.0 Å². The van der Waals surface area contributed by atoms with Crippen LogP contribution in [-0.2, 0) is 4.79 Å². The van der Waals surface area contributed by atoms with Crippen molar-refractivity contribution in [1.29, 1.82) is 0 Å². The standard InChI is InChI=1S/C13H18N2O3/c1-2-14-7-10(16)8-15-11-5-3-4-6-12(11)18-9-13(15)17/h3-6,10,14,16H,2,7-9H2,1H3. The summed E-state index contributed by atoms with van der Waals surface area (Å²) < 4.78 is 5.34. The molecule has 1 aromatic carbocycles. The van der Waals surface area contributed by atoms with Gasteiger partial charge in [0.1, 0.15) is 5.75 Å². The minimum Gasteiger partial charge on any atom is -0.482 e. The Labute approximate surface area is 106 Å². The van der Waals surface area contributed by atoms with Gasteiger partial charge in [-0.2, -0.15) is 0 Å². The third-order valence-corrected chi connectivity index (χ3v) is 2.83. The highest BCUT2D eigenvalue weighted by Gasteiger charge is 2.26. The van der Waals surface area contributed by atoms with Gasteiger partial charge in [-0.3, -0.25) is 4.79 Å². The number of nitrogens with one attached hydrogen (secondary N) is 1. The molecule has 5 nitrogen and oxygen atoms in total. The smallest absolute Gasteiger partial charge is 0.265 e. The molecule has 5 heteroatoms. The van der Waals surface area contributed by atoms with E-state index < -0.39 is 6.10 Å². The average Bonchev–Trinajstić information content (AvgIpc) is 2.40. The van der Waals surface area contributed by atoms with Gasteiger partial charge in [0.2, 0.25) is 0 Å². The van der Waals surface area contributed by atoms with E-state index in [-0.39, 0.29) is 19.1 Å². The van der Waals surface area contributed by atoms with Crippen molar-refractivity contribution in [2.75, 3.05) is 31.1 Å².